The molecule has 0 aromatic rings. The zero-order valence-electron chi connectivity index (χ0n) is 15.9. The molecule has 0 aromatic carbocycles. The van der Waals surface area contributed by atoms with Crippen molar-refractivity contribution in [3.05, 3.63) is 40.0 Å². The Morgan fingerprint density at radius 2 is 1.48 bits per heavy atom. The molecule has 2 aliphatic carbocycles. The maximum atomic E-state index is 2.44. The average Bonchev–Trinajstić information content (AvgIpc) is 2.83. The molecule has 2 aliphatic rings. The molecule has 0 spiro atoms. The van der Waals surface area contributed by atoms with Gasteiger partial charge in [0, 0.05) is 0 Å². The molecule has 128 valence electrons. The van der Waals surface area contributed by atoms with Gasteiger partial charge in [0.05, 0.1) is 0 Å². The number of halogens is 2. The van der Waals surface area contributed by atoms with Crippen LogP contribution in [0.25, 0.3) is 0 Å². The zero-order chi connectivity index (χ0) is 15.9. The van der Waals surface area contributed by atoms with Crippen molar-refractivity contribution in [1.82, 2.24) is 0 Å². The zero-order valence-corrected chi connectivity index (χ0v) is 19.8. The number of allylic oxidation sites excluding steroid dienone is 8. The van der Waals surface area contributed by atoms with Gasteiger partial charge in [-0.25, -0.2) is 0 Å². The van der Waals surface area contributed by atoms with Crippen LogP contribution in [0.15, 0.2) is 40.0 Å². The molecule has 0 bridgehead atoms. The quantitative estimate of drug-likeness (QED) is 0.608. The first-order valence-corrected chi connectivity index (χ1v) is 10.8. The molecule has 0 heterocycles. The Hall–Kier alpha value is 0.423. The Labute approximate surface area is 167 Å². The van der Waals surface area contributed by atoms with Gasteiger partial charge in [-0.05, 0) is 0 Å². The van der Waals surface area contributed by atoms with Crippen LogP contribution in [-0.4, -0.2) is 0 Å². The summed E-state index contributed by atoms with van der Waals surface area (Å²) < 4.78 is 3.64. The molecule has 0 aromatic heterocycles. The fourth-order valence-corrected chi connectivity index (χ4v) is 8.61. The second kappa shape index (κ2) is 8.68. The van der Waals surface area contributed by atoms with E-state index in [1.54, 1.807) is 33.4 Å². The smallest absolute Gasteiger partial charge is 1.00 e. The van der Waals surface area contributed by atoms with Crippen molar-refractivity contribution in [2.75, 3.05) is 0 Å². The number of hydrogen-bond donors (Lipinski definition) is 0. The Morgan fingerprint density at radius 1 is 0.913 bits per heavy atom. The van der Waals surface area contributed by atoms with Crippen molar-refractivity contribution >= 4 is 0 Å². The molecule has 23 heavy (non-hydrogen) atoms. The van der Waals surface area contributed by atoms with Crippen LogP contribution in [0.4, 0.5) is 0 Å². The van der Waals surface area contributed by atoms with Gasteiger partial charge in [0.1, 0.15) is 0 Å². The van der Waals surface area contributed by atoms with Crippen LogP contribution in [0.3, 0.4) is 0 Å². The van der Waals surface area contributed by atoms with Crippen molar-refractivity contribution in [2.24, 2.45) is 5.41 Å². The van der Waals surface area contributed by atoms with Crippen LogP contribution in [0.1, 0.15) is 74.7 Å². The fourth-order valence-electron chi connectivity index (χ4n) is 3.87. The standard InChI is InChI=1S/2C10H15.2ClH.Zr/c1-7-6-10(4,5)9(3)8(7)2;1-4-9-6-8(3)7-10(9)5-2;;;/h1-5H3;4-6H2,1-3H3;2*1H;/q;;;;+2/p-2. The SMILES string of the molecule is CCC1=C(CC)[C]([Zr+2][C]2=C(C)C(C)=C(C)C2(C)C)=C(C)C1.[Cl-].[Cl-]. The normalized spacial score (nSPS) is 20.0. The molecule has 0 N–H and O–H groups in total. The third kappa shape index (κ3) is 3.99. The van der Waals surface area contributed by atoms with Gasteiger partial charge in [-0.15, -0.1) is 0 Å². The fraction of sp³-hybridized carbons (Fsp3) is 0.600. The molecule has 0 saturated heterocycles. The maximum Gasteiger partial charge on any atom is -1.00 e. The summed E-state index contributed by atoms with van der Waals surface area (Å²) in [5, 5.41) is 0. The van der Waals surface area contributed by atoms with Gasteiger partial charge >= 0.3 is 143 Å². The molecule has 3 heteroatoms. The van der Waals surface area contributed by atoms with Crippen LogP contribution in [0.2, 0.25) is 0 Å². The summed E-state index contributed by atoms with van der Waals surface area (Å²) in [6.45, 7) is 19.0. The van der Waals surface area contributed by atoms with Crippen LogP contribution >= 0.6 is 0 Å². The van der Waals surface area contributed by atoms with Gasteiger partial charge in [-0.2, -0.15) is 0 Å². The Balaban J connectivity index is 0.00000242. The molecule has 0 saturated carbocycles. The Kier molecular flexibility index (Phi) is 8.84. The monoisotopic (exact) mass is 430 g/mol. The third-order valence-electron chi connectivity index (χ3n) is 5.73. The summed E-state index contributed by atoms with van der Waals surface area (Å²) in [7, 11) is 0. The van der Waals surface area contributed by atoms with Crippen LogP contribution < -0.4 is 24.8 Å². The largest absolute Gasteiger partial charge is 1.00 e. The predicted octanol–water partition coefficient (Wildman–Crippen LogP) is 0.521. The minimum Gasteiger partial charge on any atom is -1.00 e. The van der Waals surface area contributed by atoms with Gasteiger partial charge in [0.25, 0.3) is 0 Å². The van der Waals surface area contributed by atoms with Crippen LogP contribution in [0.5, 0.6) is 0 Å². The minimum atomic E-state index is -0.674. The Morgan fingerprint density at radius 3 is 1.87 bits per heavy atom. The predicted molar refractivity (Wildman–Crippen MR) is 89.8 cm³/mol. The van der Waals surface area contributed by atoms with E-state index < -0.39 is 23.2 Å². The summed E-state index contributed by atoms with van der Waals surface area (Å²) in [6, 6.07) is 0. The first-order chi connectivity index (χ1) is 9.75. The van der Waals surface area contributed by atoms with Crippen LogP contribution in [-0.2, 0) is 23.2 Å². The van der Waals surface area contributed by atoms with Gasteiger partial charge in [-0.1, -0.05) is 0 Å². The van der Waals surface area contributed by atoms with Crippen molar-refractivity contribution in [2.45, 2.75) is 74.7 Å². The van der Waals surface area contributed by atoms with Crippen molar-refractivity contribution < 1.29 is 48.0 Å². The van der Waals surface area contributed by atoms with E-state index >= 15 is 0 Å². The summed E-state index contributed by atoms with van der Waals surface area (Å²) in [5.74, 6) is 0. The van der Waals surface area contributed by atoms with Crippen molar-refractivity contribution in [3.63, 3.8) is 0 Å². The maximum absolute atomic E-state index is 2.44. The molecular formula is C20H30Cl2Zr. The van der Waals surface area contributed by atoms with Gasteiger partial charge in [0.15, 0.2) is 0 Å². The van der Waals surface area contributed by atoms with E-state index in [1.807, 2.05) is 6.56 Å². The Bertz CT molecular complexity index is 601. The van der Waals surface area contributed by atoms with Crippen molar-refractivity contribution in [3.8, 4) is 0 Å². The molecule has 2 rings (SSSR count). The summed E-state index contributed by atoms with van der Waals surface area (Å²) in [6.07, 6.45) is 3.73. The number of rotatable bonds is 4. The van der Waals surface area contributed by atoms with E-state index in [0.29, 0.717) is 5.41 Å². The first-order valence-electron chi connectivity index (χ1n) is 8.33. The molecule has 0 radical (unpaired) electrons. The van der Waals surface area contributed by atoms with Gasteiger partial charge in [0.2, 0.25) is 0 Å². The van der Waals surface area contributed by atoms with Crippen LogP contribution in [0, 0.1) is 5.41 Å². The molecule has 0 unspecified atom stereocenters. The minimum absolute atomic E-state index is 0. The first kappa shape index (κ1) is 23.4. The molecule has 0 atom stereocenters. The van der Waals surface area contributed by atoms with E-state index in [-0.39, 0.29) is 24.8 Å². The van der Waals surface area contributed by atoms with Gasteiger partial charge in [-0.3, -0.25) is 0 Å². The third-order valence-corrected chi connectivity index (χ3v) is 11.2. The number of hydrogen-bond acceptors (Lipinski definition) is 0. The molecular weight excluding hydrogens is 402 g/mol. The van der Waals surface area contributed by atoms with E-state index in [0.717, 1.165) is 0 Å². The molecule has 0 nitrogen and oxygen atoms in total. The summed E-state index contributed by atoms with van der Waals surface area (Å²) in [4.78, 5) is 0. The van der Waals surface area contributed by atoms with E-state index in [2.05, 4.69) is 55.4 Å². The molecule has 0 amide bonds. The average molecular weight is 433 g/mol. The summed E-state index contributed by atoms with van der Waals surface area (Å²) in [5.41, 5.74) is 10.2. The molecule has 0 aliphatic heterocycles. The van der Waals surface area contributed by atoms with Crippen molar-refractivity contribution in [1.29, 1.82) is 0 Å². The summed E-state index contributed by atoms with van der Waals surface area (Å²) >= 11 is -0.674. The molecule has 0 fully saturated rings. The van der Waals surface area contributed by atoms with E-state index in [9.17, 15) is 0 Å². The van der Waals surface area contributed by atoms with E-state index in [1.165, 1.54) is 19.3 Å². The van der Waals surface area contributed by atoms with E-state index in [4.69, 9.17) is 0 Å². The second-order valence-electron chi connectivity index (χ2n) is 7.12. The van der Waals surface area contributed by atoms with Gasteiger partial charge < -0.3 is 24.8 Å². The topological polar surface area (TPSA) is 0 Å². The second-order valence-corrected chi connectivity index (χ2v) is 10.2.